The van der Waals surface area contributed by atoms with Gasteiger partial charge in [0, 0.05) is 11.7 Å². The molecular weight excluding hydrogens is 383 g/mol. The van der Waals surface area contributed by atoms with E-state index >= 15 is 0 Å². The molecule has 3 N–H and O–H groups in total. The molecule has 1 aliphatic heterocycles. The van der Waals surface area contributed by atoms with Crippen LogP contribution in [0.1, 0.15) is 54.1 Å². The molecule has 30 heavy (non-hydrogen) atoms. The Bertz CT molecular complexity index is 970. The lowest BCUT2D eigenvalue weighted by molar-refractivity contribution is -0.153. The highest BCUT2D eigenvalue weighted by atomic mass is 19.1. The van der Waals surface area contributed by atoms with Crippen LogP contribution in [0.15, 0.2) is 42.5 Å². The molecule has 5 nitrogen and oxygen atoms in total. The van der Waals surface area contributed by atoms with Crippen LogP contribution in [0.25, 0.3) is 0 Å². The highest BCUT2D eigenvalue weighted by Gasteiger charge is 2.57. The molecule has 2 aliphatic rings. The van der Waals surface area contributed by atoms with Gasteiger partial charge in [0.2, 0.25) is 0 Å². The van der Waals surface area contributed by atoms with Gasteiger partial charge in [0.05, 0.1) is 17.0 Å². The Labute approximate surface area is 175 Å². The van der Waals surface area contributed by atoms with E-state index in [2.05, 4.69) is 0 Å². The third-order valence-electron chi connectivity index (χ3n) is 7.12. The topological polar surface area (TPSA) is 83.6 Å². The smallest absolute Gasteiger partial charge is 0.309 e. The van der Waals surface area contributed by atoms with Gasteiger partial charge < -0.3 is 15.7 Å². The fourth-order valence-electron chi connectivity index (χ4n) is 5.56. The molecule has 1 heterocycles. The molecule has 1 amide bonds. The maximum Gasteiger partial charge on any atom is 0.309 e. The first-order valence-corrected chi connectivity index (χ1v) is 10.4. The summed E-state index contributed by atoms with van der Waals surface area (Å²) in [5.74, 6) is -2.65. The molecule has 1 saturated heterocycles. The number of carboxylic acids is 1. The fraction of sp³-hybridized carbons (Fsp3) is 0.417. The number of hydrogen-bond donors (Lipinski definition) is 2. The van der Waals surface area contributed by atoms with Crippen molar-refractivity contribution in [1.82, 2.24) is 4.90 Å². The number of fused-ring (bicyclic) bond motifs is 1. The Balaban J connectivity index is 1.93. The van der Waals surface area contributed by atoms with Crippen LogP contribution in [-0.2, 0) is 10.3 Å². The average molecular weight is 410 g/mol. The van der Waals surface area contributed by atoms with E-state index in [1.54, 1.807) is 55.1 Å². The van der Waals surface area contributed by atoms with Crippen molar-refractivity contribution in [1.29, 1.82) is 0 Å². The summed E-state index contributed by atoms with van der Waals surface area (Å²) in [6.45, 7) is 3.52. The van der Waals surface area contributed by atoms with Gasteiger partial charge in [-0.05, 0) is 68.4 Å². The normalized spacial score (nSPS) is 28.2. The molecule has 4 atom stereocenters. The third-order valence-corrected chi connectivity index (χ3v) is 7.12. The predicted octanol–water partition coefficient (Wildman–Crippen LogP) is 4.35. The van der Waals surface area contributed by atoms with Crippen molar-refractivity contribution in [3.8, 4) is 0 Å². The molecule has 1 saturated carbocycles. The van der Waals surface area contributed by atoms with Crippen LogP contribution >= 0.6 is 0 Å². The van der Waals surface area contributed by atoms with E-state index in [4.69, 9.17) is 5.73 Å². The first-order chi connectivity index (χ1) is 14.2. The standard InChI is InChI=1S/C24H27FN2O3/c1-14-5-3-7-19(25)21(14)22(28)27-20-8-4-6-15(20)13-18(23(29)30)24(27,2)16-9-11-17(26)12-10-16/h3,5,7,9-12,15,18,20H,4,6,8,13,26H2,1-2H3,(H,29,30). The quantitative estimate of drug-likeness (QED) is 0.737. The summed E-state index contributed by atoms with van der Waals surface area (Å²) in [4.78, 5) is 28.0. The minimum absolute atomic E-state index is 0.0239. The van der Waals surface area contributed by atoms with Crippen LogP contribution in [0.4, 0.5) is 10.1 Å². The number of piperidine rings is 1. The number of nitrogens with zero attached hydrogens (tertiary/aromatic N) is 1. The number of halogens is 1. The SMILES string of the molecule is Cc1cccc(F)c1C(=O)N1C2CCCC2CC(C(=O)O)C1(C)c1ccc(N)cc1. The molecule has 0 radical (unpaired) electrons. The van der Waals surface area contributed by atoms with Crippen molar-refractivity contribution in [2.45, 2.75) is 51.1 Å². The number of carbonyl (C=O) groups is 2. The Hall–Kier alpha value is -2.89. The van der Waals surface area contributed by atoms with Gasteiger partial charge in [0.15, 0.2) is 0 Å². The Kier molecular flexibility index (Phi) is 5.04. The van der Waals surface area contributed by atoms with Crippen molar-refractivity contribution in [2.24, 2.45) is 11.8 Å². The first kappa shape index (κ1) is 20.4. The number of benzene rings is 2. The number of aliphatic carboxylic acids is 1. The number of aryl methyl sites for hydroxylation is 1. The van der Waals surface area contributed by atoms with E-state index in [0.29, 0.717) is 23.2 Å². The minimum atomic E-state index is -1.11. The molecule has 4 rings (SSSR count). The molecule has 158 valence electrons. The molecule has 6 heteroatoms. The van der Waals surface area contributed by atoms with E-state index in [9.17, 15) is 19.1 Å². The van der Waals surface area contributed by atoms with Crippen molar-refractivity contribution < 1.29 is 19.1 Å². The maximum absolute atomic E-state index is 14.8. The molecule has 2 fully saturated rings. The molecule has 1 aliphatic carbocycles. The zero-order valence-corrected chi connectivity index (χ0v) is 17.3. The number of amides is 1. The lowest BCUT2D eigenvalue weighted by Gasteiger charge is -2.54. The Morgan fingerprint density at radius 3 is 2.50 bits per heavy atom. The number of carbonyl (C=O) groups excluding carboxylic acids is 1. The van der Waals surface area contributed by atoms with Crippen LogP contribution in [-0.4, -0.2) is 27.9 Å². The molecular formula is C24H27FN2O3. The number of anilines is 1. The summed E-state index contributed by atoms with van der Waals surface area (Å²) in [5.41, 5.74) is 6.58. The summed E-state index contributed by atoms with van der Waals surface area (Å²) in [5, 5.41) is 10.2. The zero-order valence-electron chi connectivity index (χ0n) is 17.3. The maximum atomic E-state index is 14.8. The van der Waals surface area contributed by atoms with E-state index < -0.39 is 29.2 Å². The molecule has 0 bridgehead atoms. The number of nitrogens with two attached hydrogens (primary N) is 1. The lowest BCUT2D eigenvalue weighted by Crippen LogP contribution is -2.63. The number of hydrogen-bond acceptors (Lipinski definition) is 3. The van der Waals surface area contributed by atoms with Gasteiger partial charge in [0.1, 0.15) is 5.82 Å². The number of rotatable bonds is 3. The van der Waals surface area contributed by atoms with E-state index in [1.165, 1.54) is 6.07 Å². The second kappa shape index (κ2) is 7.42. The van der Waals surface area contributed by atoms with E-state index in [-0.39, 0.29) is 17.5 Å². The van der Waals surface area contributed by atoms with Crippen LogP contribution < -0.4 is 5.73 Å². The molecule has 2 aromatic carbocycles. The molecule has 2 aromatic rings. The second-order valence-electron chi connectivity index (χ2n) is 8.76. The summed E-state index contributed by atoms with van der Waals surface area (Å²) >= 11 is 0. The van der Waals surface area contributed by atoms with Crippen LogP contribution in [0.5, 0.6) is 0 Å². The van der Waals surface area contributed by atoms with Crippen LogP contribution in [0, 0.1) is 24.6 Å². The largest absolute Gasteiger partial charge is 0.481 e. The number of nitrogen functional groups attached to an aromatic ring is 1. The van der Waals surface area contributed by atoms with E-state index in [1.807, 2.05) is 0 Å². The number of carboxylic acid groups (broad SMARTS) is 1. The number of likely N-dealkylation sites (tertiary alicyclic amines) is 1. The van der Waals surface area contributed by atoms with Gasteiger partial charge in [-0.3, -0.25) is 9.59 Å². The second-order valence-corrected chi connectivity index (χ2v) is 8.76. The summed E-state index contributed by atoms with van der Waals surface area (Å²) in [6, 6.07) is 11.5. The minimum Gasteiger partial charge on any atom is -0.481 e. The van der Waals surface area contributed by atoms with Crippen molar-refractivity contribution in [2.75, 3.05) is 5.73 Å². The van der Waals surface area contributed by atoms with Crippen LogP contribution in [0.3, 0.4) is 0 Å². The highest BCUT2D eigenvalue weighted by molar-refractivity contribution is 5.97. The fourth-order valence-corrected chi connectivity index (χ4v) is 5.56. The van der Waals surface area contributed by atoms with Crippen molar-refractivity contribution >= 4 is 17.6 Å². The average Bonchev–Trinajstić information content (AvgIpc) is 3.15. The first-order valence-electron chi connectivity index (χ1n) is 10.4. The zero-order chi connectivity index (χ0) is 21.6. The summed E-state index contributed by atoms with van der Waals surface area (Å²) in [7, 11) is 0. The Morgan fingerprint density at radius 2 is 1.87 bits per heavy atom. The highest BCUT2D eigenvalue weighted by Crippen LogP contribution is 2.52. The monoisotopic (exact) mass is 410 g/mol. The van der Waals surface area contributed by atoms with Gasteiger partial charge in [-0.1, -0.05) is 30.7 Å². The molecule has 4 unspecified atom stereocenters. The molecule has 0 aromatic heterocycles. The van der Waals surface area contributed by atoms with Gasteiger partial charge in [-0.15, -0.1) is 0 Å². The lowest BCUT2D eigenvalue weighted by atomic mass is 9.68. The van der Waals surface area contributed by atoms with Crippen LogP contribution in [0.2, 0.25) is 0 Å². The van der Waals surface area contributed by atoms with Gasteiger partial charge >= 0.3 is 5.97 Å². The van der Waals surface area contributed by atoms with Gasteiger partial charge in [-0.2, -0.15) is 0 Å². The Morgan fingerprint density at radius 1 is 1.17 bits per heavy atom. The van der Waals surface area contributed by atoms with Crippen molar-refractivity contribution in [3.05, 3.63) is 65.0 Å². The predicted molar refractivity (Wildman–Crippen MR) is 112 cm³/mol. The van der Waals surface area contributed by atoms with Gasteiger partial charge in [0.25, 0.3) is 5.91 Å². The van der Waals surface area contributed by atoms with Crippen molar-refractivity contribution in [3.63, 3.8) is 0 Å². The molecule has 0 spiro atoms. The summed E-state index contributed by atoms with van der Waals surface area (Å²) in [6.07, 6.45) is 3.10. The third kappa shape index (κ3) is 3.06. The van der Waals surface area contributed by atoms with E-state index in [0.717, 1.165) is 19.3 Å². The van der Waals surface area contributed by atoms with Gasteiger partial charge in [-0.25, -0.2) is 4.39 Å². The summed E-state index contributed by atoms with van der Waals surface area (Å²) < 4.78 is 14.8.